The Morgan fingerprint density at radius 3 is 1.76 bits per heavy atom. The fourth-order valence-corrected chi connectivity index (χ4v) is 3.30. The molecule has 0 aliphatic heterocycles. The second kappa shape index (κ2) is 12.0. The number of rotatable bonds is 9. The lowest BCUT2D eigenvalue weighted by molar-refractivity contribution is -0.139. The third kappa shape index (κ3) is 6.61. The number of hydrogen-bond acceptors (Lipinski definition) is 9. The molecule has 1 amide bonds. The largest absolute Gasteiger partial charge is 0.480 e. The van der Waals surface area contributed by atoms with Crippen LogP contribution in [0.3, 0.4) is 0 Å². The smallest absolute Gasteiger partial charge is 0.345 e. The average Bonchev–Trinajstić information content (AvgIpc) is 2.95. The summed E-state index contributed by atoms with van der Waals surface area (Å²) in [5, 5.41) is 12.1. The predicted octanol–water partition coefficient (Wildman–Crippen LogP) is 2.74. The van der Waals surface area contributed by atoms with Crippen molar-refractivity contribution in [2.45, 2.75) is 12.5 Å². The first-order valence-electron chi connectivity index (χ1n) is 11.2. The molecule has 1 aromatic carbocycles. The van der Waals surface area contributed by atoms with Gasteiger partial charge in [-0.15, -0.1) is 0 Å². The lowest BCUT2D eigenvalue weighted by Gasteiger charge is -2.16. The Morgan fingerprint density at radius 1 is 0.737 bits per heavy atom. The Bertz CT molecular complexity index is 1450. The number of nitrogens with one attached hydrogen (secondary N) is 1. The first-order chi connectivity index (χ1) is 18.4. The molecule has 3 heterocycles. The van der Waals surface area contributed by atoms with Crippen LogP contribution in [0.1, 0.15) is 36.6 Å². The molecule has 0 unspecified atom stereocenters. The van der Waals surface area contributed by atoms with E-state index in [1.54, 1.807) is 18.2 Å². The van der Waals surface area contributed by atoms with E-state index in [0.29, 0.717) is 5.56 Å². The molecule has 0 saturated carbocycles. The van der Waals surface area contributed by atoms with E-state index in [1.165, 1.54) is 73.6 Å². The first kappa shape index (κ1) is 25.6. The number of pyridine rings is 3. The minimum absolute atomic E-state index is 0.0777. The maximum atomic E-state index is 12.7. The average molecular weight is 512 g/mol. The minimum atomic E-state index is -1.31. The van der Waals surface area contributed by atoms with E-state index in [9.17, 15) is 24.3 Å². The van der Waals surface area contributed by atoms with E-state index in [2.05, 4.69) is 20.3 Å². The molecule has 11 nitrogen and oxygen atoms in total. The van der Waals surface area contributed by atoms with Gasteiger partial charge in [0, 0.05) is 43.6 Å². The molecule has 38 heavy (non-hydrogen) atoms. The molecule has 0 saturated heterocycles. The lowest BCUT2D eigenvalue weighted by atomic mass is 10.0. The Balaban J connectivity index is 1.59. The SMILES string of the molecule is O=C(N[C@@H](Cc1ccc(OC(=O)c2cccnc2)c(OC(=O)c2cccnc2)c1)C(=O)O)c1cccnc1. The van der Waals surface area contributed by atoms with E-state index >= 15 is 0 Å². The van der Waals surface area contributed by atoms with Crippen LogP contribution in [0.25, 0.3) is 0 Å². The van der Waals surface area contributed by atoms with Crippen LogP contribution in [-0.2, 0) is 11.2 Å². The van der Waals surface area contributed by atoms with Crippen LogP contribution in [-0.4, -0.2) is 49.9 Å². The van der Waals surface area contributed by atoms with Gasteiger partial charge in [-0.05, 0) is 54.1 Å². The van der Waals surface area contributed by atoms with E-state index in [0.717, 1.165) is 0 Å². The third-order valence-corrected chi connectivity index (χ3v) is 5.17. The molecule has 0 fully saturated rings. The highest BCUT2D eigenvalue weighted by atomic mass is 16.6. The molecule has 0 radical (unpaired) electrons. The van der Waals surface area contributed by atoms with Gasteiger partial charge in [-0.2, -0.15) is 0 Å². The molecule has 11 heteroatoms. The summed E-state index contributed by atoms with van der Waals surface area (Å²) in [5.74, 6) is -3.60. The van der Waals surface area contributed by atoms with Gasteiger partial charge in [-0.3, -0.25) is 19.7 Å². The van der Waals surface area contributed by atoms with Crippen molar-refractivity contribution in [1.82, 2.24) is 20.3 Å². The Kier molecular flexibility index (Phi) is 8.09. The molecule has 1 atom stereocenters. The number of nitrogens with zero attached hydrogens (tertiary/aromatic N) is 3. The van der Waals surface area contributed by atoms with E-state index in [1.807, 2.05) is 0 Å². The summed E-state index contributed by atoms with van der Waals surface area (Å²) in [6.07, 6.45) is 8.26. The van der Waals surface area contributed by atoms with Crippen molar-refractivity contribution in [3.05, 3.63) is 114 Å². The van der Waals surface area contributed by atoms with Gasteiger partial charge in [0.05, 0.1) is 16.7 Å². The summed E-state index contributed by atoms with van der Waals surface area (Å²) < 4.78 is 10.9. The number of aromatic nitrogens is 3. The first-order valence-corrected chi connectivity index (χ1v) is 11.2. The molecule has 3 aromatic heterocycles. The van der Waals surface area contributed by atoms with Gasteiger partial charge in [0.25, 0.3) is 5.91 Å². The van der Waals surface area contributed by atoms with Gasteiger partial charge in [0.1, 0.15) is 6.04 Å². The van der Waals surface area contributed by atoms with Crippen molar-refractivity contribution in [2.75, 3.05) is 0 Å². The number of carbonyl (C=O) groups is 4. The summed E-state index contributed by atoms with van der Waals surface area (Å²) in [4.78, 5) is 61.3. The van der Waals surface area contributed by atoms with Gasteiger partial charge in [0.15, 0.2) is 11.5 Å². The van der Waals surface area contributed by atoms with Gasteiger partial charge in [-0.1, -0.05) is 6.07 Å². The number of benzene rings is 1. The monoisotopic (exact) mass is 512 g/mol. The Labute approximate surface area is 216 Å². The standard InChI is InChI=1S/C27H20N4O7/c32-24(18-4-1-9-28-14-18)31-21(25(33)34)12-17-7-8-22(37-26(35)19-5-2-10-29-15-19)23(13-17)38-27(36)20-6-3-11-30-16-20/h1-11,13-16,21H,12H2,(H,31,32)(H,33,34)/t21-/m0/s1. The quantitative estimate of drug-likeness (QED) is 0.252. The minimum Gasteiger partial charge on any atom is -0.480 e. The van der Waals surface area contributed by atoms with Gasteiger partial charge >= 0.3 is 17.9 Å². The number of carbonyl (C=O) groups excluding carboxylic acids is 3. The molecule has 0 aliphatic carbocycles. The zero-order valence-electron chi connectivity index (χ0n) is 19.7. The van der Waals surface area contributed by atoms with E-state index in [-0.39, 0.29) is 34.6 Å². The second-order valence-electron chi connectivity index (χ2n) is 7.85. The van der Waals surface area contributed by atoms with Crippen molar-refractivity contribution in [2.24, 2.45) is 0 Å². The zero-order chi connectivity index (χ0) is 26.9. The summed E-state index contributed by atoms with van der Waals surface area (Å²) in [6.45, 7) is 0. The van der Waals surface area contributed by atoms with Crippen LogP contribution in [0.15, 0.2) is 91.8 Å². The van der Waals surface area contributed by atoms with E-state index in [4.69, 9.17) is 9.47 Å². The summed E-state index contributed by atoms with van der Waals surface area (Å²) in [7, 11) is 0. The highest BCUT2D eigenvalue weighted by Crippen LogP contribution is 2.30. The van der Waals surface area contributed by atoms with E-state index < -0.39 is 29.9 Å². The maximum Gasteiger partial charge on any atom is 0.345 e. The molecule has 2 N–H and O–H groups in total. The number of amides is 1. The third-order valence-electron chi connectivity index (χ3n) is 5.17. The number of esters is 2. The number of aliphatic carboxylic acids is 1. The van der Waals surface area contributed by atoms with Crippen LogP contribution in [0.4, 0.5) is 0 Å². The van der Waals surface area contributed by atoms with Crippen molar-refractivity contribution in [3.63, 3.8) is 0 Å². The molecule has 0 aliphatic rings. The fourth-order valence-electron chi connectivity index (χ4n) is 3.30. The summed E-state index contributed by atoms with van der Waals surface area (Å²) >= 11 is 0. The molecule has 0 bridgehead atoms. The van der Waals surface area contributed by atoms with Crippen LogP contribution in [0.5, 0.6) is 11.5 Å². The second-order valence-corrected chi connectivity index (χ2v) is 7.85. The maximum absolute atomic E-state index is 12.7. The Morgan fingerprint density at radius 2 is 1.26 bits per heavy atom. The normalized spacial score (nSPS) is 11.2. The molecule has 4 aromatic rings. The predicted molar refractivity (Wildman–Crippen MR) is 132 cm³/mol. The van der Waals surface area contributed by atoms with Crippen molar-refractivity contribution in [1.29, 1.82) is 0 Å². The number of carboxylic acid groups (broad SMARTS) is 1. The van der Waals surface area contributed by atoms with Crippen molar-refractivity contribution >= 4 is 23.8 Å². The highest BCUT2D eigenvalue weighted by molar-refractivity contribution is 5.96. The van der Waals surface area contributed by atoms with Gasteiger partial charge < -0.3 is 19.9 Å². The van der Waals surface area contributed by atoms with Crippen molar-refractivity contribution in [3.8, 4) is 11.5 Å². The molecular formula is C27H20N4O7. The van der Waals surface area contributed by atoms with Gasteiger partial charge in [-0.25, -0.2) is 14.4 Å². The number of ether oxygens (including phenoxy) is 2. The van der Waals surface area contributed by atoms with Crippen LogP contribution in [0.2, 0.25) is 0 Å². The Hall–Kier alpha value is -5.45. The molecule has 4 rings (SSSR count). The molecule has 0 spiro atoms. The number of hydrogen-bond donors (Lipinski definition) is 2. The highest BCUT2D eigenvalue weighted by Gasteiger charge is 2.23. The van der Waals surface area contributed by atoms with Crippen molar-refractivity contribution < 1.29 is 33.8 Å². The van der Waals surface area contributed by atoms with Crippen LogP contribution >= 0.6 is 0 Å². The van der Waals surface area contributed by atoms with Crippen LogP contribution < -0.4 is 14.8 Å². The zero-order valence-corrected chi connectivity index (χ0v) is 19.7. The van der Waals surface area contributed by atoms with Gasteiger partial charge in [0.2, 0.25) is 0 Å². The molecule has 190 valence electrons. The van der Waals surface area contributed by atoms with Crippen LogP contribution in [0, 0.1) is 0 Å². The topological polar surface area (TPSA) is 158 Å². The summed E-state index contributed by atoms with van der Waals surface area (Å²) in [5.41, 5.74) is 0.904. The molecular weight excluding hydrogens is 492 g/mol. The number of carboxylic acids is 1. The lowest BCUT2D eigenvalue weighted by Crippen LogP contribution is -2.42. The summed E-state index contributed by atoms with van der Waals surface area (Å²) in [6, 6.07) is 12.1. The fraction of sp³-hybridized carbons (Fsp3) is 0.0741.